The first-order chi connectivity index (χ1) is 20.1. The van der Waals surface area contributed by atoms with E-state index in [0.29, 0.717) is 17.8 Å². The van der Waals surface area contributed by atoms with Crippen LogP contribution in [0.25, 0.3) is 27.5 Å². The van der Waals surface area contributed by atoms with Crippen LogP contribution >= 0.6 is 0 Å². The summed E-state index contributed by atoms with van der Waals surface area (Å²) in [5.41, 5.74) is 9.17. The highest BCUT2D eigenvalue weighted by Crippen LogP contribution is 2.42. The van der Waals surface area contributed by atoms with E-state index in [9.17, 15) is 0 Å². The largest absolute Gasteiger partial charge is 0.378 e. The fourth-order valence-electron chi connectivity index (χ4n) is 6.37. The summed E-state index contributed by atoms with van der Waals surface area (Å²) < 4.78 is 0. The maximum absolute atomic E-state index is 4.00. The van der Waals surface area contributed by atoms with Gasteiger partial charge in [-0.25, -0.2) is 0 Å². The molecule has 3 unspecified atom stereocenters. The van der Waals surface area contributed by atoms with E-state index in [4.69, 9.17) is 0 Å². The van der Waals surface area contributed by atoms with Crippen molar-refractivity contribution in [1.29, 1.82) is 0 Å². The Balaban J connectivity index is 1.38. The van der Waals surface area contributed by atoms with Crippen LogP contribution in [0.2, 0.25) is 0 Å². The van der Waals surface area contributed by atoms with E-state index < -0.39 is 0 Å². The van der Waals surface area contributed by atoms with Gasteiger partial charge in [-0.1, -0.05) is 148 Å². The third kappa shape index (κ3) is 5.77. The fourth-order valence-corrected chi connectivity index (χ4v) is 6.37. The zero-order valence-corrected chi connectivity index (χ0v) is 24.3. The van der Waals surface area contributed by atoms with Crippen LogP contribution in [0.3, 0.4) is 0 Å². The van der Waals surface area contributed by atoms with Crippen LogP contribution < -0.4 is 5.32 Å². The normalized spacial score (nSPS) is 17.7. The van der Waals surface area contributed by atoms with Crippen LogP contribution in [-0.2, 0) is 0 Å². The predicted molar refractivity (Wildman–Crippen MR) is 177 cm³/mol. The Morgan fingerprint density at radius 3 is 2.17 bits per heavy atom. The molecule has 5 aromatic rings. The number of nitrogens with one attached hydrogen (secondary N) is 1. The molecule has 0 aromatic heterocycles. The third-order valence-corrected chi connectivity index (χ3v) is 8.60. The van der Waals surface area contributed by atoms with Crippen LogP contribution in [0.4, 0.5) is 5.69 Å². The molecule has 5 aromatic carbocycles. The van der Waals surface area contributed by atoms with Crippen molar-refractivity contribution < 1.29 is 0 Å². The van der Waals surface area contributed by atoms with Gasteiger partial charge >= 0.3 is 0 Å². The molecule has 0 heterocycles. The summed E-state index contributed by atoms with van der Waals surface area (Å²) in [6.07, 6.45) is 8.13. The van der Waals surface area contributed by atoms with Crippen molar-refractivity contribution in [3.8, 4) is 11.1 Å². The summed E-state index contributed by atoms with van der Waals surface area (Å²) in [4.78, 5) is 0. The number of fused-ring (bicyclic) bond motifs is 1. The lowest BCUT2D eigenvalue weighted by Crippen LogP contribution is -2.22. The summed E-state index contributed by atoms with van der Waals surface area (Å²) >= 11 is 0. The van der Waals surface area contributed by atoms with Crippen LogP contribution in [0, 0.1) is 11.8 Å². The van der Waals surface area contributed by atoms with Gasteiger partial charge in [0.1, 0.15) is 0 Å². The molecule has 1 N–H and O–H groups in total. The standard InChI is InChI=1S/C40H39N/c1-28(2)30-23-25-34(26-24-30)41-40(39-20-10-9-19-37(39)31-13-5-4-6-14-31)33-17-12-21-35(29(3)27-33)38-22-11-16-32-15-7-8-18-36(32)38/h4-26,28-29,33,40-41H,27H2,1-3H3. The minimum Gasteiger partial charge on any atom is -0.378 e. The van der Waals surface area contributed by atoms with Crippen molar-refractivity contribution in [1.82, 2.24) is 0 Å². The summed E-state index contributed by atoms with van der Waals surface area (Å²) in [5.74, 6) is 1.23. The number of hydrogen-bond donors (Lipinski definition) is 1. The number of hydrogen-bond acceptors (Lipinski definition) is 1. The predicted octanol–water partition coefficient (Wildman–Crippen LogP) is 11.1. The van der Waals surface area contributed by atoms with Crippen LogP contribution in [0.15, 0.2) is 140 Å². The number of rotatable bonds is 7. The van der Waals surface area contributed by atoms with E-state index in [1.165, 1.54) is 44.2 Å². The molecule has 0 spiro atoms. The lowest BCUT2D eigenvalue weighted by atomic mass is 9.80. The molecule has 41 heavy (non-hydrogen) atoms. The molecular weight excluding hydrogens is 494 g/mol. The van der Waals surface area contributed by atoms with E-state index >= 15 is 0 Å². The minimum absolute atomic E-state index is 0.121. The molecule has 0 radical (unpaired) electrons. The topological polar surface area (TPSA) is 12.0 Å². The van der Waals surface area contributed by atoms with Gasteiger partial charge in [0.05, 0.1) is 6.04 Å². The van der Waals surface area contributed by atoms with Crippen molar-refractivity contribution in [2.24, 2.45) is 11.8 Å². The summed E-state index contributed by atoms with van der Waals surface area (Å²) in [5, 5.41) is 6.62. The average Bonchev–Trinajstić information content (AvgIpc) is 3.21. The molecule has 0 fully saturated rings. The molecule has 1 aliphatic rings. The first-order valence-electron chi connectivity index (χ1n) is 15.0. The molecule has 0 amide bonds. The first-order valence-corrected chi connectivity index (χ1v) is 15.0. The van der Waals surface area contributed by atoms with Crippen molar-refractivity contribution in [2.75, 3.05) is 5.32 Å². The van der Waals surface area contributed by atoms with Gasteiger partial charge in [-0.05, 0) is 74.6 Å². The molecule has 1 aliphatic carbocycles. The zero-order valence-electron chi connectivity index (χ0n) is 24.3. The van der Waals surface area contributed by atoms with Gasteiger partial charge in [0.15, 0.2) is 0 Å². The van der Waals surface area contributed by atoms with Crippen molar-refractivity contribution >= 4 is 22.0 Å². The second kappa shape index (κ2) is 12.0. The lowest BCUT2D eigenvalue weighted by molar-refractivity contribution is 0.466. The highest BCUT2D eigenvalue weighted by Gasteiger charge is 2.28. The Labute approximate surface area is 245 Å². The molecule has 1 heteroatoms. The average molecular weight is 534 g/mol. The molecule has 0 saturated carbocycles. The van der Waals surface area contributed by atoms with Gasteiger partial charge in [0.25, 0.3) is 0 Å². The third-order valence-electron chi connectivity index (χ3n) is 8.60. The lowest BCUT2D eigenvalue weighted by Gasteiger charge is -2.31. The Bertz CT molecular complexity index is 1670. The SMILES string of the molecule is CC1CC(C(Nc2ccc(C(C)C)cc2)c2ccccc2-c2ccccc2)C=CC=C1c1cccc2ccccc12. The van der Waals surface area contributed by atoms with Crippen LogP contribution in [0.1, 0.15) is 55.8 Å². The molecular formula is C40H39N. The van der Waals surface area contributed by atoms with Crippen molar-refractivity contribution in [3.63, 3.8) is 0 Å². The summed E-state index contributed by atoms with van der Waals surface area (Å²) in [6.45, 7) is 6.89. The molecule has 0 saturated heterocycles. The highest BCUT2D eigenvalue weighted by molar-refractivity contribution is 5.94. The van der Waals surface area contributed by atoms with Gasteiger partial charge in [-0.2, -0.15) is 0 Å². The van der Waals surface area contributed by atoms with Crippen molar-refractivity contribution in [2.45, 2.75) is 39.2 Å². The van der Waals surface area contributed by atoms with Crippen LogP contribution in [-0.4, -0.2) is 0 Å². The maximum Gasteiger partial charge on any atom is 0.0582 e. The highest BCUT2D eigenvalue weighted by atomic mass is 14.9. The van der Waals surface area contributed by atoms with Gasteiger partial charge in [0.2, 0.25) is 0 Å². The molecule has 3 atom stereocenters. The van der Waals surface area contributed by atoms with Gasteiger partial charge in [-0.15, -0.1) is 0 Å². The van der Waals surface area contributed by atoms with E-state index in [1.807, 2.05) is 0 Å². The van der Waals surface area contributed by atoms with Gasteiger partial charge in [-0.3, -0.25) is 0 Å². The molecule has 0 bridgehead atoms. The van der Waals surface area contributed by atoms with E-state index in [1.54, 1.807) is 0 Å². The Morgan fingerprint density at radius 1 is 0.683 bits per heavy atom. The number of allylic oxidation sites excluding steroid dienone is 3. The quantitative estimate of drug-likeness (QED) is 0.219. The summed E-state index contributed by atoms with van der Waals surface area (Å²) in [7, 11) is 0. The fraction of sp³-hybridized carbons (Fsp3) is 0.200. The number of anilines is 1. The second-order valence-corrected chi connectivity index (χ2v) is 11.7. The monoisotopic (exact) mass is 533 g/mol. The minimum atomic E-state index is 0.121. The Kier molecular flexibility index (Phi) is 7.87. The molecule has 0 aliphatic heterocycles. The van der Waals surface area contributed by atoms with E-state index in [2.05, 4.69) is 166 Å². The first kappa shape index (κ1) is 26.8. The molecule has 204 valence electrons. The smallest absolute Gasteiger partial charge is 0.0582 e. The van der Waals surface area contributed by atoms with Gasteiger partial charge in [0, 0.05) is 11.6 Å². The van der Waals surface area contributed by atoms with Gasteiger partial charge < -0.3 is 5.32 Å². The Hall–Kier alpha value is -4.36. The second-order valence-electron chi connectivity index (χ2n) is 11.7. The Morgan fingerprint density at radius 2 is 1.37 bits per heavy atom. The molecule has 1 nitrogen and oxygen atoms in total. The molecule has 6 rings (SSSR count). The van der Waals surface area contributed by atoms with E-state index in [0.717, 1.165) is 12.1 Å². The zero-order chi connectivity index (χ0) is 28.2. The van der Waals surface area contributed by atoms with Crippen LogP contribution in [0.5, 0.6) is 0 Å². The summed E-state index contributed by atoms with van der Waals surface area (Å²) in [6, 6.07) is 44.3. The maximum atomic E-state index is 4.00. The number of benzene rings is 5. The van der Waals surface area contributed by atoms with E-state index in [-0.39, 0.29) is 6.04 Å². The van der Waals surface area contributed by atoms with Crippen molar-refractivity contribution in [3.05, 3.63) is 156 Å².